The molecule has 1 N–H and O–H groups in total. The average Bonchev–Trinajstić information content (AvgIpc) is 2.42. The summed E-state index contributed by atoms with van der Waals surface area (Å²) < 4.78 is 27.0. The van der Waals surface area contributed by atoms with Crippen molar-refractivity contribution in [1.29, 1.82) is 0 Å². The molecule has 2 aromatic carbocycles. The van der Waals surface area contributed by atoms with Gasteiger partial charge in [-0.05, 0) is 42.3 Å². The molecule has 6 heteroatoms. The Labute approximate surface area is 128 Å². The lowest BCUT2D eigenvalue weighted by atomic mass is 10.2. The Morgan fingerprint density at radius 2 is 1.70 bits per heavy atom. The van der Waals surface area contributed by atoms with Crippen molar-refractivity contribution in [3.05, 3.63) is 58.1 Å². The Morgan fingerprint density at radius 3 is 2.30 bits per heavy atom. The number of sulfonamides is 1. The molecule has 0 aliphatic carbocycles. The van der Waals surface area contributed by atoms with Crippen molar-refractivity contribution in [2.24, 2.45) is 0 Å². The molecular formula is C14H13Cl2NO2S. The van der Waals surface area contributed by atoms with Gasteiger partial charge in [-0.3, -0.25) is 4.72 Å². The highest BCUT2D eigenvalue weighted by atomic mass is 35.5. The number of nitrogens with one attached hydrogen (secondary N) is 1. The first-order chi connectivity index (χ1) is 9.42. The summed E-state index contributed by atoms with van der Waals surface area (Å²) in [5, 5.41) is 0.447. The summed E-state index contributed by atoms with van der Waals surface area (Å²) in [6, 6.07) is 11.5. The maximum absolute atomic E-state index is 12.3. The topological polar surface area (TPSA) is 46.2 Å². The van der Waals surface area contributed by atoms with Crippen LogP contribution in [0.2, 0.25) is 10.0 Å². The van der Waals surface area contributed by atoms with Gasteiger partial charge in [-0.25, -0.2) is 8.42 Å². The van der Waals surface area contributed by atoms with Crippen LogP contribution in [0.3, 0.4) is 0 Å². The van der Waals surface area contributed by atoms with Crippen LogP contribution in [0.25, 0.3) is 0 Å². The molecule has 0 aliphatic rings. The van der Waals surface area contributed by atoms with Gasteiger partial charge in [0, 0.05) is 10.7 Å². The molecule has 0 atom stereocenters. The standard InChI is InChI=1S/C14H13Cl2NO2S/c1-2-10-3-6-12(7-4-10)17-20(18,19)14-9-11(15)5-8-13(14)16/h3-9,17H,2H2,1H3. The third-order valence-corrected chi connectivity index (χ3v) is 4.90. The smallest absolute Gasteiger partial charge is 0.263 e. The highest BCUT2D eigenvalue weighted by Gasteiger charge is 2.18. The van der Waals surface area contributed by atoms with Gasteiger partial charge in [-0.15, -0.1) is 0 Å². The molecule has 3 nitrogen and oxygen atoms in total. The third-order valence-electron chi connectivity index (χ3n) is 2.80. The van der Waals surface area contributed by atoms with Crippen LogP contribution in [0.4, 0.5) is 5.69 Å². The third kappa shape index (κ3) is 3.45. The molecule has 20 heavy (non-hydrogen) atoms. The number of benzene rings is 2. The highest BCUT2D eigenvalue weighted by Crippen LogP contribution is 2.26. The Hall–Kier alpha value is -1.23. The maximum Gasteiger partial charge on any atom is 0.263 e. The fourth-order valence-corrected chi connectivity index (χ4v) is 3.52. The minimum Gasteiger partial charge on any atom is -0.280 e. The summed E-state index contributed by atoms with van der Waals surface area (Å²) in [5.41, 5.74) is 1.62. The summed E-state index contributed by atoms with van der Waals surface area (Å²) in [6.45, 7) is 2.03. The Kier molecular flexibility index (Phi) is 4.58. The maximum atomic E-state index is 12.3. The minimum atomic E-state index is -3.75. The van der Waals surface area contributed by atoms with Crippen molar-refractivity contribution in [3.8, 4) is 0 Å². The molecule has 0 fully saturated rings. The lowest BCUT2D eigenvalue weighted by molar-refractivity contribution is 0.601. The Morgan fingerprint density at radius 1 is 1.05 bits per heavy atom. The number of hydrogen-bond donors (Lipinski definition) is 1. The van der Waals surface area contributed by atoms with Crippen molar-refractivity contribution in [2.75, 3.05) is 4.72 Å². The second kappa shape index (κ2) is 6.04. The van der Waals surface area contributed by atoms with Gasteiger partial charge in [0.05, 0.1) is 5.02 Å². The second-order valence-corrected chi connectivity index (χ2v) is 6.73. The molecule has 0 aromatic heterocycles. The molecular weight excluding hydrogens is 317 g/mol. The first-order valence-corrected chi connectivity index (χ1v) is 8.23. The van der Waals surface area contributed by atoms with E-state index in [4.69, 9.17) is 23.2 Å². The normalized spacial score (nSPS) is 11.3. The molecule has 2 rings (SSSR count). The van der Waals surface area contributed by atoms with E-state index in [1.165, 1.54) is 12.1 Å². The molecule has 0 amide bonds. The minimum absolute atomic E-state index is 0.0359. The number of rotatable bonds is 4. The molecule has 0 radical (unpaired) electrons. The molecule has 106 valence electrons. The van der Waals surface area contributed by atoms with Gasteiger partial charge in [-0.2, -0.15) is 0 Å². The fourth-order valence-electron chi connectivity index (χ4n) is 1.70. The van der Waals surface area contributed by atoms with Crippen molar-refractivity contribution < 1.29 is 8.42 Å². The summed E-state index contributed by atoms with van der Waals surface area (Å²) in [4.78, 5) is -0.0359. The highest BCUT2D eigenvalue weighted by molar-refractivity contribution is 7.92. The predicted octanol–water partition coefficient (Wildman–Crippen LogP) is 4.36. The molecule has 0 saturated carbocycles. The van der Waals surface area contributed by atoms with Crippen LogP contribution in [0, 0.1) is 0 Å². The van der Waals surface area contributed by atoms with E-state index in [0.717, 1.165) is 12.0 Å². The van der Waals surface area contributed by atoms with E-state index < -0.39 is 10.0 Å². The molecule has 0 aliphatic heterocycles. The van der Waals surface area contributed by atoms with E-state index in [2.05, 4.69) is 4.72 Å². The molecule has 0 saturated heterocycles. The Balaban J connectivity index is 2.32. The van der Waals surface area contributed by atoms with Gasteiger partial charge < -0.3 is 0 Å². The summed E-state index contributed by atoms with van der Waals surface area (Å²) in [5.74, 6) is 0. The SMILES string of the molecule is CCc1ccc(NS(=O)(=O)c2cc(Cl)ccc2Cl)cc1. The van der Waals surface area contributed by atoms with Crippen LogP contribution in [0.5, 0.6) is 0 Å². The van der Waals surface area contributed by atoms with Gasteiger partial charge in [0.1, 0.15) is 4.90 Å². The van der Waals surface area contributed by atoms with Crippen molar-refractivity contribution in [3.63, 3.8) is 0 Å². The van der Waals surface area contributed by atoms with Crippen LogP contribution >= 0.6 is 23.2 Å². The zero-order valence-electron chi connectivity index (χ0n) is 10.7. The van der Waals surface area contributed by atoms with Crippen LogP contribution in [0.15, 0.2) is 47.4 Å². The largest absolute Gasteiger partial charge is 0.280 e. The predicted molar refractivity (Wildman–Crippen MR) is 83.1 cm³/mol. The molecule has 2 aromatic rings. The summed E-state index contributed by atoms with van der Waals surface area (Å²) >= 11 is 11.7. The second-order valence-electron chi connectivity index (χ2n) is 4.23. The van der Waals surface area contributed by atoms with Crippen LogP contribution in [-0.4, -0.2) is 8.42 Å². The van der Waals surface area contributed by atoms with Crippen LogP contribution in [0.1, 0.15) is 12.5 Å². The zero-order chi connectivity index (χ0) is 14.8. The van der Waals surface area contributed by atoms with Gasteiger partial charge in [0.25, 0.3) is 10.0 Å². The van der Waals surface area contributed by atoms with E-state index in [9.17, 15) is 8.42 Å². The number of anilines is 1. The fraction of sp³-hybridized carbons (Fsp3) is 0.143. The van der Waals surface area contributed by atoms with E-state index in [0.29, 0.717) is 10.7 Å². The van der Waals surface area contributed by atoms with Crippen molar-refractivity contribution >= 4 is 38.9 Å². The zero-order valence-corrected chi connectivity index (χ0v) is 13.1. The molecule has 0 unspecified atom stereocenters. The number of hydrogen-bond acceptors (Lipinski definition) is 2. The molecule has 0 spiro atoms. The van der Waals surface area contributed by atoms with Crippen molar-refractivity contribution in [1.82, 2.24) is 0 Å². The van der Waals surface area contributed by atoms with E-state index in [1.54, 1.807) is 18.2 Å². The van der Waals surface area contributed by atoms with Gasteiger partial charge in [0.15, 0.2) is 0 Å². The Bertz CT molecular complexity index is 712. The van der Waals surface area contributed by atoms with Gasteiger partial charge >= 0.3 is 0 Å². The van der Waals surface area contributed by atoms with Gasteiger partial charge in [-0.1, -0.05) is 42.3 Å². The molecule has 0 bridgehead atoms. The lowest BCUT2D eigenvalue weighted by Crippen LogP contribution is -2.13. The monoisotopic (exact) mass is 329 g/mol. The van der Waals surface area contributed by atoms with Gasteiger partial charge in [0.2, 0.25) is 0 Å². The molecule has 0 heterocycles. The van der Waals surface area contributed by atoms with E-state index in [1.807, 2.05) is 19.1 Å². The quantitative estimate of drug-likeness (QED) is 0.905. The van der Waals surface area contributed by atoms with Crippen molar-refractivity contribution in [2.45, 2.75) is 18.2 Å². The number of aryl methyl sites for hydroxylation is 1. The van der Waals surface area contributed by atoms with E-state index >= 15 is 0 Å². The lowest BCUT2D eigenvalue weighted by Gasteiger charge is -2.10. The average molecular weight is 330 g/mol. The van der Waals surface area contributed by atoms with Crippen LogP contribution in [-0.2, 0) is 16.4 Å². The first kappa shape index (κ1) is 15.2. The number of halogens is 2. The van der Waals surface area contributed by atoms with E-state index in [-0.39, 0.29) is 9.92 Å². The summed E-state index contributed by atoms with van der Waals surface area (Å²) in [6.07, 6.45) is 0.896. The first-order valence-electron chi connectivity index (χ1n) is 5.99. The van der Waals surface area contributed by atoms with Crippen LogP contribution < -0.4 is 4.72 Å². The summed E-state index contributed by atoms with van der Waals surface area (Å²) in [7, 11) is -3.75.